The van der Waals surface area contributed by atoms with E-state index in [1.807, 2.05) is 0 Å². The van der Waals surface area contributed by atoms with Crippen LogP contribution in [0.1, 0.15) is 31.2 Å². The summed E-state index contributed by atoms with van der Waals surface area (Å²) in [6.45, 7) is 0. The highest BCUT2D eigenvalue weighted by Gasteiger charge is 2.08. The third-order valence-electron chi connectivity index (χ3n) is 3.21. The van der Waals surface area contributed by atoms with Crippen molar-refractivity contribution in [2.24, 2.45) is 0 Å². The molecule has 0 saturated carbocycles. The molecular formula is C19H17N3O9. The van der Waals surface area contributed by atoms with Crippen molar-refractivity contribution in [1.29, 1.82) is 0 Å². The highest BCUT2D eigenvalue weighted by Crippen LogP contribution is 2.11. The summed E-state index contributed by atoms with van der Waals surface area (Å²) in [4.78, 5) is 50.5. The topological polar surface area (TPSA) is 200 Å². The molecule has 12 nitrogen and oxygen atoms in total. The summed E-state index contributed by atoms with van der Waals surface area (Å²) in [5.74, 6) is -3.15. The van der Waals surface area contributed by atoms with Gasteiger partial charge in [-0.25, -0.2) is 24.4 Å². The minimum atomic E-state index is -1.22. The van der Waals surface area contributed by atoms with Gasteiger partial charge in [0.25, 0.3) is 0 Å². The van der Waals surface area contributed by atoms with Crippen LogP contribution in [0.15, 0.2) is 59.8 Å². The molecule has 3 heterocycles. The number of aromatic hydroxyl groups is 1. The summed E-state index contributed by atoms with van der Waals surface area (Å²) in [6, 6.07) is 8.10. The molecule has 0 unspecified atom stereocenters. The van der Waals surface area contributed by atoms with Gasteiger partial charge in [-0.3, -0.25) is 4.79 Å². The molecule has 162 valence electrons. The monoisotopic (exact) mass is 431 g/mol. The Morgan fingerprint density at radius 1 is 0.903 bits per heavy atom. The van der Waals surface area contributed by atoms with Crippen LogP contribution in [-0.2, 0) is 0 Å². The molecule has 3 aromatic heterocycles. The maximum absolute atomic E-state index is 10.4. The lowest BCUT2D eigenvalue weighted by molar-refractivity contribution is 0.0678. The molecule has 0 atom stereocenters. The van der Waals surface area contributed by atoms with Crippen molar-refractivity contribution in [3.8, 4) is 11.6 Å². The summed E-state index contributed by atoms with van der Waals surface area (Å²) >= 11 is 0. The molecule has 0 aliphatic heterocycles. The molecule has 0 aliphatic carbocycles. The summed E-state index contributed by atoms with van der Waals surface area (Å²) in [5, 5.41) is 34.0. The van der Waals surface area contributed by atoms with Crippen molar-refractivity contribution >= 4 is 17.9 Å². The normalized spacial score (nSPS) is 9.19. The van der Waals surface area contributed by atoms with Gasteiger partial charge in [-0.1, -0.05) is 0 Å². The molecule has 3 aromatic rings. The second-order valence-electron chi connectivity index (χ2n) is 5.32. The van der Waals surface area contributed by atoms with E-state index in [1.165, 1.54) is 55.9 Å². The van der Waals surface area contributed by atoms with Gasteiger partial charge in [-0.05, 0) is 24.3 Å². The van der Waals surface area contributed by atoms with Gasteiger partial charge in [0.2, 0.25) is 11.4 Å². The average Bonchev–Trinajstić information content (AvgIpc) is 2.75. The quantitative estimate of drug-likeness (QED) is 0.399. The number of H-pyrrole nitrogens is 1. The fraction of sp³-hybridized carbons (Fsp3) is 0.0526. The smallest absolute Gasteiger partial charge is 0.358 e. The predicted molar refractivity (Wildman–Crippen MR) is 105 cm³/mol. The first-order valence-electron chi connectivity index (χ1n) is 8.18. The minimum absolute atomic E-state index is 0.0830. The lowest BCUT2D eigenvalue weighted by Gasteiger charge is -1.96. The Morgan fingerprint density at radius 2 is 1.55 bits per heavy atom. The van der Waals surface area contributed by atoms with Gasteiger partial charge in [-0.15, -0.1) is 0 Å². The van der Waals surface area contributed by atoms with Gasteiger partial charge in [0.15, 0.2) is 5.69 Å². The van der Waals surface area contributed by atoms with Crippen LogP contribution in [0, 0.1) is 0 Å². The number of aromatic nitrogens is 3. The van der Waals surface area contributed by atoms with E-state index in [1.54, 1.807) is 0 Å². The van der Waals surface area contributed by atoms with Crippen LogP contribution in [-0.4, -0.2) is 60.4 Å². The molecule has 0 fully saturated rings. The van der Waals surface area contributed by atoms with Crippen molar-refractivity contribution in [3.05, 3.63) is 82.2 Å². The molecule has 0 bridgehead atoms. The Hall–Kier alpha value is -4.74. The molecular weight excluding hydrogens is 414 g/mol. The molecule has 0 aliphatic rings. The van der Waals surface area contributed by atoms with Gasteiger partial charge < -0.3 is 30.1 Å². The van der Waals surface area contributed by atoms with Crippen LogP contribution in [0.5, 0.6) is 11.6 Å². The van der Waals surface area contributed by atoms with Crippen LogP contribution < -0.4 is 10.3 Å². The van der Waals surface area contributed by atoms with E-state index >= 15 is 0 Å². The highest BCUT2D eigenvalue weighted by molar-refractivity contribution is 5.88. The third-order valence-corrected chi connectivity index (χ3v) is 3.21. The van der Waals surface area contributed by atoms with Crippen molar-refractivity contribution < 1.29 is 39.5 Å². The van der Waals surface area contributed by atoms with Gasteiger partial charge in [-0.2, -0.15) is 0 Å². The van der Waals surface area contributed by atoms with Crippen molar-refractivity contribution in [1.82, 2.24) is 15.0 Å². The fourth-order valence-electron chi connectivity index (χ4n) is 1.73. The summed E-state index contributed by atoms with van der Waals surface area (Å²) in [5.41, 5.74) is -0.377. The van der Waals surface area contributed by atoms with Crippen LogP contribution in [0.2, 0.25) is 0 Å². The number of hydrogen-bond acceptors (Lipinski definition) is 8. The molecule has 0 radical (unpaired) electrons. The number of nitrogens with one attached hydrogen (secondary N) is 1. The zero-order valence-electron chi connectivity index (χ0n) is 15.9. The second kappa shape index (κ2) is 12.0. The van der Waals surface area contributed by atoms with Crippen molar-refractivity contribution in [3.63, 3.8) is 0 Å². The van der Waals surface area contributed by atoms with Crippen LogP contribution in [0.3, 0.4) is 0 Å². The number of ether oxygens (including phenoxy) is 1. The Labute approximate surface area is 174 Å². The molecule has 0 amide bonds. The number of nitrogens with zero attached hydrogens (tertiary/aromatic N) is 2. The maximum Gasteiger partial charge on any atom is 0.358 e. The first-order valence-corrected chi connectivity index (χ1v) is 8.18. The average molecular weight is 431 g/mol. The lowest BCUT2D eigenvalue weighted by Crippen LogP contribution is -2.05. The van der Waals surface area contributed by atoms with E-state index in [9.17, 15) is 19.2 Å². The number of aromatic amines is 1. The molecule has 12 heteroatoms. The van der Waals surface area contributed by atoms with E-state index < -0.39 is 17.9 Å². The van der Waals surface area contributed by atoms with Crippen molar-refractivity contribution in [2.45, 2.75) is 0 Å². The summed E-state index contributed by atoms with van der Waals surface area (Å²) in [6.07, 6.45) is 3.72. The Morgan fingerprint density at radius 3 is 1.94 bits per heavy atom. The van der Waals surface area contributed by atoms with Crippen LogP contribution >= 0.6 is 0 Å². The number of pyridine rings is 3. The summed E-state index contributed by atoms with van der Waals surface area (Å²) < 4.78 is 4.74. The first kappa shape index (κ1) is 24.3. The molecule has 31 heavy (non-hydrogen) atoms. The number of carbonyl (C=O) groups is 3. The first-order chi connectivity index (χ1) is 14.6. The number of rotatable bonds is 4. The maximum atomic E-state index is 10.4. The number of aromatic carboxylic acids is 3. The zero-order chi connectivity index (χ0) is 23.4. The zero-order valence-corrected chi connectivity index (χ0v) is 15.9. The van der Waals surface area contributed by atoms with E-state index in [4.69, 9.17) is 25.2 Å². The largest absolute Gasteiger partial charge is 0.505 e. The van der Waals surface area contributed by atoms with E-state index in [0.717, 1.165) is 6.20 Å². The van der Waals surface area contributed by atoms with Crippen LogP contribution in [0.25, 0.3) is 0 Å². The standard InChI is InChI=1S/C7H7NO3.2C6H5NO3/c1-11-6-3-2-5(4-8-6)7(9)10;8-5-2-1-4(3-7-5)6(9)10;8-4-2-1-3-7-5(4)6(9)10/h2-4H,1H3,(H,9,10);1-3H,(H,7,8)(H,9,10);1-3,8H,(H,9,10). The van der Waals surface area contributed by atoms with Crippen molar-refractivity contribution in [2.75, 3.05) is 7.11 Å². The predicted octanol–water partition coefficient (Wildman–Crippen LogP) is 1.35. The molecule has 0 spiro atoms. The van der Waals surface area contributed by atoms with Gasteiger partial charge >= 0.3 is 17.9 Å². The summed E-state index contributed by atoms with van der Waals surface area (Å²) in [7, 11) is 1.47. The number of methoxy groups -OCH3 is 1. The van der Waals surface area contributed by atoms with Gasteiger partial charge in [0.1, 0.15) is 5.75 Å². The molecule has 0 saturated heterocycles. The number of carboxylic acids is 3. The number of carboxylic acid groups (broad SMARTS) is 3. The van der Waals surface area contributed by atoms with Gasteiger partial charge in [0, 0.05) is 30.7 Å². The third kappa shape index (κ3) is 8.43. The van der Waals surface area contributed by atoms with Gasteiger partial charge in [0.05, 0.1) is 18.2 Å². The molecule has 3 rings (SSSR count). The fourth-order valence-corrected chi connectivity index (χ4v) is 1.73. The van der Waals surface area contributed by atoms with Crippen LogP contribution in [0.4, 0.5) is 0 Å². The minimum Gasteiger partial charge on any atom is -0.505 e. The Bertz CT molecular complexity index is 1070. The SMILES string of the molecule is COc1ccc(C(=O)O)cn1.O=C(O)c1ccc(=O)[nH]c1.O=C(O)c1ncccc1O. The lowest BCUT2D eigenvalue weighted by atomic mass is 10.3. The number of hydrogen-bond donors (Lipinski definition) is 5. The van der Waals surface area contributed by atoms with E-state index in [0.29, 0.717) is 5.88 Å². The highest BCUT2D eigenvalue weighted by atomic mass is 16.5. The van der Waals surface area contributed by atoms with E-state index in [2.05, 4.69) is 15.0 Å². The molecule has 5 N–H and O–H groups in total. The Kier molecular flexibility index (Phi) is 9.37. The second-order valence-corrected chi connectivity index (χ2v) is 5.32. The molecule has 0 aromatic carbocycles. The Balaban J connectivity index is 0.000000233. The van der Waals surface area contributed by atoms with E-state index in [-0.39, 0.29) is 28.1 Å².